The molecule has 1 amide bonds. The Morgan fingerprint density at radius 3 is 2.76 bits per heavy atom. The number of hydrogen-bond donors (Lipinski definition) is 1. The molecule has 3 rings (SSSR count). The minimum atomic E-state index is -0.644. The summed E-state index contributed by atoms with van der Waals surface area (Å²) >= 11 is 0. The van der Waals surface area contributed by atoms with E-state index in [9.17, 15) is 10.1 Å². The topological polar surface area (TPSA) is 79.9 Å². The van der Waals surface area contributed by atoms with E-state index in [0.717, 1.165) is 16.8 Å². The molecule has 0 saturated heterocycles. The van der Waals surface area contributed by atoms with Crippen LogP contribution in [0.15, 0.2) is 60.8 Å². The summed E-state index contributed by atoms with van der Waals surface area (Å²) in [4.78, 5) is 12.1. The molecule has 3 aromatic rings. The highest BCUT2D eigenvalue weighted by atomic mass is 16.5. The number of hydrogen-bond acceptors (Lipinski definition) is 4. The third kappa shape index (κ3) is 3.85. The summed E-state index contributed by atoms with van der Waals surface area (Å²) in [5.74, 6) is 0.283. The molecular formula is C19H16N4O2. The Hall–Kier alpha value is -3.59. The molecular weight excluding hydrogens is 316 g/mol. The quantitative estimate of drug-likeness (QED) is 0.788. The average Bonchev–Trinajstić information content (AvgIpc) is 3.03. The highest BCUT2D eigenvalue weighted by Gasteiger charge is 2.16. The Morgan fingerprint density at radius 1 is 1.24 bits per heavy atom. The molecule has 0 bridgehead atoms. The van der Waals surface area contributed by atoms with E-state index >= 15 is 0 Å². The molecule has 0 aliphatic rings. The Balaban J connectivity index is 1.78. The monoisotopic (exact) mass is 332 g/mol. The highest BCUT2D eigenvalue weighted by molar-refractivity contribution is 5.85. The van der Waals surface area contributed by atoms with E-state index in [1.165, 1.54) is 10.9 Å². The van der Waals surface area contributed by atoms with Crippen LogP contribution in [0.5, 0.6) is 0 Å². The number of rotatable bonds is 4. The lowest BCUT2D eigenvalue weighted by Crippen LogP contribution is -2.17. The molecule has 0 saturated carbocycles. The Bertz CT molecular complexity index is 926. The zero-order valence-corrected chi connectivity index (χ0v) is 13.6. The number of ether oxygens (including phenoxy) is 1. The van der Waals surface area contributed by atoms with Crippen LogP contribution in [0.2, 0.25) is 0 Å². The van der Waals surface area contributed by atoms with Crippen LogP contribution in [0.1, 0.15) is 16.7 Å². The lowest BCUT2D eigenvalue weighted by Gasteiger charge is -2.10. The van der Waals surface area contributed by atoms with Crippen molar-refractivity contribution in [1.82, 2.24) is 9.78 Å². The molecule has 0 radical (unpaired) electrons. The number of nitriles is 1. The van der Waals surface area contributed by atoms with Gasteiger partial charge in [0.25, 0.3) is 0 Å². The van der Waals surface area contributed by atoms with E-state index in [1.54, 1.807) is 0 Å². The standard InChI is InChI=1S/C19H16N4O2/c1-14-6-5-9-17(10-14)23-18(16(11-20)12-21-23)22-19(24)25-13-15-7-3-2-4-8-15/h2-10,12H,13H2,1H3,(H,22,24). The first-order valence-electron chi connectivity index (χ1n) is 7.70. The van der Waals surface area contributed by atoms with Gasteiger partial charge in [-0.2, -0.15) is 10.4 Å². The number of benzene rings is 2. The fraction of sp³-hybridized carbons (Fsp3) is 0.105. The van der Waals surface area contributed by atoms with Crippen LogP contribution >= 0.6 is 0 Å². The van der Waals surface area contributed by atoms with Crippen LogP contribution in [0.4, 0.5) is 10.6 Å². The summed E-state index contributed by atoms with van der Waals surface area (Å²) in [7, 11) is 0. The molecule has 6 nitrogen and oxygen atoms in total. The number of nitrogens with zero attached hydrogens (tertiary/aromatic N) is 3. The normalized spacial score (nSPS) is 10.1. The molecule has 0 aliphatic carbocycles. The number of anilines is 1. The third-order valence-corrected chi connectivity index (χ3v) is 3.57. The van der Waals surface area contributed by atoms with Crippen molar-refractivity contribution in [2.75, 3.05) is 5.32 Å². The second-order valence-electron chi connectivity index (χ2n) is 5.46. The molecule has 6 heteroatoms. The van der Waals surface area contributed by atoms with Gasteiger partial charge >= 0.3 is 6.09 Å². The van der Waals surface area contributed by atoms with Crippen molar-refractivity contribution in [3.63, 3.8) is 0 Å². The molecule has 1 aromatic heterocycles. The van der Waals surface area contributed by atoms with Crippen molar-refractivity contribution in [3.8, 4) is 11.8 Å². The van der Waals surface area contributed by atoms with Gasteiger partial charge in [0.2, 0.25) is 0 Å². The summed E-state index contributed by atoms with van der Waals surface area (Å²) in [5.41, 5.74) is 2.94. The summed E-state index contributed by atoms with van der Waals surface area (Å²) < 4.78 is 6.72. The smallest absolute Gasteiger partial charge is 0.413 e. The maximum Gasteiger partial charge on any atom is 0.413 e. The molecule has 0 atom stereocenters. The van der Waals surface area contributed by atoms with Crippen molar-refractivity contribution < 1.29 is 9.53 Å². The minimum absolute atomic E-state index is 0.146. The van der Waals surface area contributed by atoms with Crippen LogP contribution in [0.25, 0.3) is 5.69 Å². The van der Waals surface area contributed by atoms with E-state index in [1.807, 2.05) is 67.6 Å². The number of nitrogens with one attached hydrogen (secondary N) is 1. The molecule has 0 spiro atoms. The lowest BCUT2D eigenvalue weighted by atomic mass is 10.2. The van der Waals surface area contributed by atoms with E-state index in [2.05, 4.69) is 10.4 Å². The maximum atomic E-state index is 12.1. The number of amides is 1. The predicted molar refractivity (Wildman–Crippen MR) is 93.3 cm³/mol. The van der Waals surface area contributed by atoms with Gasteiger partial charge in [-0.3, -0.25) is 5.32 Å². The van der Waals surface area contributed by atoms with Gasteiger partial charge in [-0.05, 0) is 30.2 Å². The summed E-state index contributed by atoms with van der Waals surface area (Å²) in [6.07, 6.45) is 0.768. The van der Waals surface area contributed by atoms with E-state index in [0.29, 0.717) is 0 Å². The van der Waals surface area contributed by atoms with E-state index in [-0.39, 0.29) is 18.0 Å². The molecule has 0 aliphatic heterocycles. The van der Waals surface area contributed by atoms with Gasteiger partial charge in [0.15, 0.2) is 5.82 Å². The van der Waals surface area contributed by atoms with Crippen molar-refractivity contribution in [3.05, 3.63) is 77.5 Å². The van der Waals surface area contributed by atoms with Crippen molar-refractivity contribution in [2.24, 2.45) is 0 Å². The fourth-order valence-corrected chi connectivity index (χ4v) is 2.36. The zero-order valence-electron chi connectivity index (χ0n) is 13.6. The molecule has 1 N–H and O–H groups in total. The fourth-order valence-electron chi connectivity index (χ4n) is 2.36. The number of carbonyl (C=O) groups is 1. The molecule has 124 valence electrons. The van der Waals surface area contributed by atoms with Gasteiger partial charge < -0.3 is 4.74 Å². The number of aromatic nitrogens is 2. The van der Waals surface area contributed by atoms with Crippen molar-refractivity contribution in [1.29, 1.82) is 5.26 Å². The third-order valence-electron chi connectivity index (χ3n) is 3.57. The van der Waals surface area contributed by atoms with Gasteiger partial charge in [-0.25, -0.2) is 9.48 Å². The van der Waals surface area contributed by atoms with Gasteiger partial charge in [0, 0.05) is 0 Å². The van der Waals surface area contributed by atoms with Gasteiger partial charge in [-0.15, -0.1) is 0 Å². The van der Waals surface area contributed by atoms with Crippen LogP contribution in [0.3, 0.4) is 0 Å². The molecule has 2 aromatic carbocycles. The Kier molecular flexibility index (Phi) is 4.77. The maximum absolute atomic E-state index is 12.1. The first-order chi connectivity index (χ1) is 12.2. The SMILES string of the molecule is Cc1cccc(-n2ncc(C#N)c2NC(=O)OCc2ccccc2)c1. The van der Waals surface area contributed by atoms with Crippen LogP contribution in [0, 0.1) is 18.3 Å². The van der Waals surface area contributed by atoms with Crippen LogP contribution < -0.4 is 5.32 Å². The first kappa shape index (κ1) is 16.3. The largest absolute Gasteiger partial charge is 0.444 e. The van der Waals surface area contributed by atoms with E-state index in [4.69, 9.17) is 4.74 Å². The first-order valence-corrected chi connectivity index (χ1v) is 7.70. The van der Waals surface area contributed by atoms with E-state index < -0.39 is 6.09 Å². The molecule has 0 fully saturated rings. The van der Waals surface area contributed by atoms with Crippen molar-refractivity contribution in [2.45, 2.75) is 13.5 Å². The number of aryl methyl sites for hydroxylation is 1. The highest BCUT2D eigenvalue weighted by Crippen LogP contribution is 2.20. The van der Waals surface area contributed by atoms with Gasteiger partial charge in [0.1, 0.15) is 18.2 Å². The minimum Gasteiger partial charge on any atom is -0.444 e. The molecule has 1 heterocycles. The Morgan fingerprint density at radius 2 is 2.04 bits per heavy atom. The van der Waals surface area contributed by atoms with Crippen LogP contribution in [-0.2, 0) is 11.3 Å². The summed E-state index contributed by atoms with van der Waals surface area (Å²) in [5, 5.41) is 16.1. The second-order valence-corrected chi connectivity index (χ2v) is 5.46. The number of carbonyl (C=O) groups excluding carboxylic acids is 1. The average molecular weight is 332 g/mol. The van der Waals surface area contributed by atoms with Gasteiger partial charge in [-0.1, -0.05) is 42.5 Å². The molecule has 0 unspecified atom stereocenters. The Labute approximate surface area is 145 Å². The lowest BCUT2D eigenvalue weighted by molar-refractivity contribution is 0.155. The van der Waals surface area contributed by atoms with Crippen LogP contribution in [-0.4, -0.2) is 15.9 Å². The van der Waals surface area contributed by atoms with Crippen molar-refractivity contribution >= 4 is 11.9 Å². The summed E-state index contributed by atoms with van der Waals surface area (Å²) in [6, 6.07) is 19.0. The molecule has 25 heavy (non-hydrogen) atoms. The second kappa shape index (κ2) is 7.32. The predicted octanol–water partition coefficient (Wildman–Crippen LogP) is 3.80. The zero-order chi connectivity index (χ0) is 17.6. The summed E-state index contributed by atoms with van der Waals surface area (Å²) in [6.45, 7) is 2.10. The van der Waals surface area contributed by atoms with Gasteiger partial charge in [0.05, 0.1) is 11.9 Å².